The first-order valence-corrected chi connectivity index (χ1v) is 14.0. The Labute approximate surface area is 245 Å². The van der Waals surface area contributed by atoms with Gasteiger partial charge in [-0.3, -0.25) is 19.3 Å². The molecule has 4 rings (SSSR count). The van der Waals surface area contributed by atoms with Gasteiger partial charge < -0.3 is 20.2 Å². The molecule has 0 aromatic heterocycles. The first-order chi connectivity index (χ1) is 20.0. The summed E-state index contributed by atoms with van der Waals surface area (Å²) in [6, 6.07) is 16.1. The molecule has 0 aliphatic carbocycles. The lowest BCUT2D eigenvalue weighted by molar-refractivity contribution is -0.142. The summed E-state index contributed by atoms with van der Waals surface area (Å²) in [5, 5.41) is 29.8. The van der Waals surface area contributed by atoms with E-state index in [-0.39, 0.29) is 47.3 Å². The molecule has 42 heavy (non-hydrogen) atoms. The third kappa shape index (κ3) is 6.86. The van der Waals surface area contributed by atoms with Crippen molar-refractivity contribution in [3.05, 3.63) is 94.8 Å². The molecule has 222 valence electrons. The summed E-state index contributed by atoms with van der Waals surface area (Å²) in [7, 11) is 3.42. The molecule has 0 saturated carbocycles. The van der Waals surface area contributed by atoms with Crippen molar-refractivity contribution in [3.63, 3.8) is 0 Å². The maximum absolute atomic E-state index is 14.9. The number of piperidine rings is 1. The molecule has 3 aromatic carbocycles. The normalized spacial score (nSPS) is 19.9. The van der Waals surface area contributed by atoms with Gasteiger partial charge in [-0.1, -0.05) is 36.4 Å². The van der Waals surface area contributed by atoms with E-state index < -0.39 is 35.6 Å². The Bertz CT molecular complexity index is 1390. The van der Waals surface area contributed by atoms with Crippen LogP contribution in [0.2, 0.25) is 0 Å². The van der Waals surface area contributed by atoms with Crippen LogP contribution in [0.25, 0.3) is 0 Å². The molecule has 0 spiro atoms. The van der Waals surface area contributed by atoms with Gasteiger partial charge in [0.1, 0.15) is 23.4 Å². The summed E-state index contributed by atoms with van der Waals surface area (Å²) in [5.74, 6) is -4.28. The van der Waals surface area contributed by atoms with E-state index in [1.807, 2.05) is 4.90 Å². The van der Waals surface area contributed by atoms with Gasteiger partial charge in [0.2, 0.25) is 0 Å². The highest BCUT2D eigenvalue weighted by Gasteiger charge is 2.45. The standard InChI is InChI=1S/C33H37FN2O6/c1-20-25(12-6-13-28(20)34)30-26(31(39)21-8-4-10-23(37)16-21)18-36(15-7-14-29(33(41)42)35(2)3)19-27(30)32(40)22-9-5-11-24(38)17-22/h4-6,8-13,16-17,26-27,29-30,37-38H,7,14-15,18-19H2,1-3H3,(H,41,42)/t26-,27+,29-,30-/m0/s1. The Hall–Kier alpha value is -4.08. The third-order valence-corrected chi connectivity index (χ3v) is 8.24. The molecule has 0 bridgehead atoms. The van der Waals surface area contributed by atoms with E-state index in [0.29, 0.717) is 30.5 Å². The fourth-order valence-electron chi connectivity index (χ4n) is 6.09. The van der Waals surface area contributed by atoms with Gasteiger partial charge in [0.25, 0.3) is 0 Å². The van der Waals surface area contributed by atoms with E-state index in [0.717, 1.165) is 0 Å². The van der Waals surface area contributed by atoms with Gasteiger partial charge >= 0.3 is 5.97 Å². The van der Waals surface area contributed by atoms with E-state index in [1.54, 1.807) is 62.3 Å². The zero-order chi connectivity index (χ0) is 30.6. The van der Waals surface area contributed by atoms with E-state index in [4.69, 9.17) is 0 Å². The summed E-state index contributed by atoms with van der Waals surface area (Å²) in [5.41, 5.74) is 1.48. The molecule has 0 amide bonds. The number of halogens is 1. The van der Waals surface area contributed by atoms with E-state index in [9.17, 15) is 34.1 Å². The zero-order valence-corrected chi connectivity index (χ0v) is 24.0. The number of phenols is 2. The van der Waals surface area contributed by atoms with Crippen LogP contribution >= 0.6 is 0 Å². The van der Waals surface area contributed by atoms with Crippen molar-refractivity contribution >= 4 is 17.5 Å². The van der Waals surface area contributed by atoms with Gasteiger partial charge in [0.15, 0.2) is 11.6 Å². The minimum Gasteiger partial charge on any atom is -0.508 e. The average molecular weight is 577 g/mol. The molecule has 1 aliphatic rings. The highest BCUT2D eigenvalue weighted by atomic mass is 19.1. The first kappa shape index (κ1) is 30.9. The third-order valence-electron chi connectivity index (χ3n) is 8.24. The second-order valence-corrected chi connectivity index (χ2v) is 11.2. The fourth-order valence-corrected chi connectivity index (χ4v) is 6.09. The molecule has 4 atom stereocenters. The molecule has 3 N–H and O–H groups in total. The number of carboxylic acid groups (broad SMARTS) is 1. The SMILES string of the molecule is Cc1c(F)cccc1[C@H]1[C@@H](C(=O)c2cccc(O)c2)CN(CCC[C@@H](C(=O)O)N(C)C)C[C@H]1C(=O)c1cccc(O)c1. The number of carboxylic acids is 1. The molecule has 3 aromatic rings. The fraction of sp³-hybridized carbons (Fsp3) is 0.364. The number of hydrogen-bond donors (Lipinski definition) is 3. The molecule has 0 radical (unpaired) electrons. The molecule has 1 heterocycles. The van der Waals surface area contributed by atoms with Gasteiger partial charge in [-0.15, -0.1) is 0 Å². The summed E-state index contributed by atoms with van der Waals surface area (Å²) in [4.78, 5) is 43.6. The zero-order valence-electron chi connectivity index (χ0n) is 24.0. The quantitative estimate of drug-likeness (QED) is 0.280. The van der Waals surface area contributed by atoms with Crippen molar-refractivity contribution in [2.24, 2.45) is 11.8 Å². The highest BCUT2D eigenvalue weighted by molar-refractivity contribution is 6.02. The summed E-state index contributed by atoms with van der Waals surface area (Å²) >= 11 is 0. The Morgan fingerprint density at radius 2 is 1.43 bits per heavy atom. The Morgan fingerprint density at radius 3 is 1.90 bits per heavy atom. The van der Waals surface area contributed by atoms with Crippen LogP contribution in [0.1, 0.15) is 50.6 Å². The van der Waals surface area contributed by atoms with Gasteiger partial charge in [-0.2, -0.15) is 0 Å². The van der Waals surface area contributed by atoms with Crippen LogP contribution in [0, 0.1) is 24.6 Å². The predicted octanol–water partition coefficient (Wildman–Crippen LogP) is 4.74. The van der Waals surface area contributed by atoms with Crippen molar-refractivity contribution < 1.29 is 34.1 Å². The van der Waals surface area contributed by atoms with Crippen LogP contribution in [0.5, 0.6) is 11.5 Å². The largest absolute Gasteiger partial charge is 0.508 e. The van der Waals surface area contributed by atoms with E-state index in [2.05, 4.69) is 0 Å². The Kier molecular flexibility index (Phi) is 9.75. The van der Waals surface area contributed by atoms with E-state index in [1.165, 1.54) is 30.3 Å². The lowest BCUT2D eigenvalue weighted by Gasteiger charge is -2.43. The number of aliphatic carboxylic acids is 1. The number of phenolic OH excluding ortho intramolecular Hbond substituents is 2. The van der Waals surface area contributed by atoms with Crippen LogP contribution in [-0.4, -0.2) is 82.4 Å². The van der Waals surface area contributed by atoms with Crippen molar-refractivity contribution in [2.45, 2.75) is 31.7 Å². The highest BCUT2D eigenvalue weighted by Crippen LogP contribution is 2.42. The Morgan fingerprint density at radius 1 is 0.905 bits per heavy atom. The topological polar surface area (TPSA) is 118 Å². The van der Waals surface area contributed by atoms with Gasteiger partial charge in [-0.05, 0) is 81.9 Å². The van der Waals surface area contributed by atoms with Crippen LogP contribution in [0.3, 0.4) is 0 Å². The number of carbonyl (C=O) groups excluding carboxylic acids is 2. The monoisotopic (exact) mass is 576 g/mol. The number of aromatic hydroxyl groups is 2. The summed E-state index contributed by atoms with van der Waals surface area (Å²) in [6.07, 6.45) is 0.889. The summed E-state index contributed by atoms with van der Waals surface area (Å²) in [6.45, 7) is 2.60. The minimum atomic E-state index is -0.922. The van der Waals surface area contributed by atoms with E-state index >= 15 is 0 Å². The molecular weight excluding hydrogens is 539 g/mol. The minimum absolute atomic E-state index is 0.0669. The molecule has 1 saturated heterocycles. The lowest BCUT2D eigenvalue weighted by atomic mass is 9.67. The number of carbonyl (C=O) groups is 3. The average Bonchev–Trinajstić information content (AvgIpc) is 2.95. The molecule has 0 unspecified atom stereocenters. The Balaban J connectivity index is 1.77. The molecule has 1 aliphatic heterocycles. The van der Waals surface area contributed by atoms with Crippen molar-refractivity contribution in [3.8, 4) is 11.5 Å². The smallest absolute Gasteiger partial charge is 0.320 e. The number of ketones is 2. The number of benzene rings is 3. The maximum Gasteiger partial charge on any atom is 0.320 e. The number of hydrogen-bond acceptors (Lipinski definition) is 7. The van der Waals surface area contributed by atoms with Crippen molar-refractivity contribution in [1.29, 1.82) is 0 Å². The van der Waals surface area contributed by atoms with Gasteiger partial charge in [0, 0.05) is 42.0 Å². The van der Waals surface area contributed by atoms with Crippen molar-refractivity contribution in [1.82, 2.24) is 9.80 Å². The molecule has 9 heteroatoms. The number of Topliss-reactive ketones (excluding diaryl/α,β-unsaturated/α-hetero) is 2. The number of nitrogens with zero attached hydrogens (tertiary/aromatic N) is 2. The molecule has 8 nitrogen and oxygen atoms in total. The number of likely N-dealkylation sites (N-methyl/N-ethyl adjacent to an activating group) is 1. The van der Waals surface area contributed by atoms with Gasteiger partial charge in [-0.25, -0.2) is 4.39 Å². The second-order valence-electron chi connectivity index (χ2n) is 11.2. The molecule has 1 fully saturated rings. The lowest BCUT2D eigenvalue weighted by Crippen LogP contribution is -2.51. The second kappa shape index (κ2) is 13.3. The predicted molar refractivity (Wildman–Crippen MR) is 157 cm³/mol. The van der Waals surface area contributed by atoms with Crippen LogP contribution in [0.15, 0.2) is 66.7 Å². The maximum atomic E-state index is 14.9. The number of rotatable bonds is 11. The summed E-state index contributed by atoms with van der Waals surface area (Å²) < 4.78 is 14.9. The van der Waals surface area contributed by atoms with Gasteiger partial charge in [0.05, 0.1) is 0 Å². The number of likely N-dealkylation sites (tertiary alicyclic amines) is 1. The van der Waals surface area contributed by atoms with Crippen LogP contribution in [-0.2, 0) is 4.79 Å². The van der Waals surface area contributed by atoms with Crippen LogP contribution in [0.4, 0.5) is 4.39 Å². The molecular formula is C33H37FN2O6. The van der Waals surface area contributed by atoms with Crippen molar-refractivity contribution in [2.75, 3.05) is 33.7 Å². The van der Waals surface area contributed by atoms with Crippen LogP contribution < -0.4 is 0 Å². The first-order valence-electron chi connectivity index (χ1n) is 14.0.